The Morgan fingerprint density at radius 3 is 2.72 bits per heavy atom. The second kappa shape index (κ2) is 3.91. The smallest absolute Gasteiger partial charge is 0.254 e. The number of nitrogens with zero attached hydrogens (tertiary/aromatic N) is 3. The number of hydrogen-bond donors (Lipinski definition) is 0. The summed E-state index contributed by atoms with van der Waals surface area (Å²) < 4.78 is 0. The molecule has 0 unspecified atom stereocenters. The van der Waals surface area contributed by atoms with Gasteiger partial charge in [-0.25, -0.2) is 4.98 Å². The van der Waals surface area contributed by atoms with Gasteiger partial charge in [0.2, 0.25) is 0 Å². The van der Waals surface area contributed by atoms with Gasteiger partial charge in [0.15, 0.2) is 5.82 Å². The topological polar surface area (TPSA) is 45.6 Å². The molecule has 0 spiro atoms. The highest BCUT2D eigenvalue weighted by atomic mass is 16.2. The third kappa shape index (κ3) is 1.66. The summed E-state index contributed by atoms with van der Waals surface area (Å²) in [5.41, 5.74) is 2.82. The van der Waals surface area contributed by atoms with E-state index in [9.17, 15) is 4.79 Å². The first-order valence-corrected chi connectivity index (χ1v) is 5.88. The number of anilines is 1. The van der Waals surface area contributed by atoms with Crippen LogP contribution in [-0.2, 0) is 4.79 Å². The van der Waals surface area contributed by atoms with Gasteiger partial charge in [-0.2, -0.15) is 10.1 Å². The minimum Gasteiger partial charge on any atom is -0.272 e. The molecule has 1 aliphatic heterocycles. The number of rotatable bonds is 1. The molecule has 4 nitrogen and oxygen atoms in total. The van der Waals surface area contributed by atoms with E-state index in [1.54, 1.807) is 0 Å². The largest absolute Gasteiger partial charge is 0.272 e. The van der Waals surface area contributed by atoms with E-state index in [-0.39, 0.29) is 5.91 Å². The second-order valence-corrected chi connectivity index (χ2v) is 4.53. The molecule has 3 rings (SSSR count). The van der Waals surface area contributed by atoms with Crippen molar-refractivity contribution in [2.75, 3.05) is 5.01 Å². The lowest BCUT2D eigenvalue weighted by Crippen LogP contribution is -2.20. The van der Waals surface area contributed by atoms with Crippen molar-refractivity contribution in [3.05, 3.63) is 35.9 Å². The fourth-order valence-corrected chi connectivity index (χ4v) is 2.17. The Labute approximate surface area is 105 Å². The Bertz CT molecular complexity index is 676. The van der Waals surface area contributed by atoms with E-state index >= 15 is 0 Å². The highest BCUT2D eigenvalue weighted by molar-refractivity contribution is 6.12. The number of para-hydroxylation sites is 1. The molecule has 90 valence electrons. The Morgan fingerprint density at radius 2 is 2.00 bits per heavy atom. The number of pyridine rings is 1. The molecule has 1 aromatic carbocycles. The molecule has 1 aliphatic rings. The molecule has 2 heterocycles. The average Bonchev–Trinajstić information content (AvgIpc) is 2.68. The zero-order valence-electron chi connectivity index (χ0n) is 10.3. The van der Waals surface area contributed by atoms with Crippen molar-refractivity contribution in [1.29, 1.82) is 0 Å². The molecule has 0 saturated carbocycles. The molecular weight excluding hydrogens is 226 g/mol. The van der Waals surface area contributed by atoms with Crippen molar-refractivity contribution in [3.63, 3.8) is 0 Å². The van der Waals surface area contributed by atoms with Crippen molar-refractivity contribution in [3.8, 4) is 0 Å². The molecule has 0 N–H and O–H groups in total. The van der Waals surface area contributed by atoms with Crippen LogP contribution < -0.4 is 5.01 Å². The van der Waals surface area contributed by atoms with E-state index in [1.165, 1.54) is 5.01 Å². The van der Waals surface area contributed by atoms with Crippen molar-refractivity contribution >= 4 is 28.3 Å². The lowest BCUT2D eigenvalue weighted by atomic mass is 10.1. The maximum Gasteiger partial charge on any atom is 0.254 e. The summed E-state index contributed by atoms with van der Waals surface area (Å²) in [6.45, 7) is 3.87. The van der Waals surface area contributed by atoms with E-state index in [0.29, 0.717) is 12.2 Å². The first kappa shape index (κ1) is 10.9. The fraction of sp³-hybridized carbons (Fsp3) is 0.214. The Hall–Kier alpha value is -2.23. The summed E-state index contributed by atoms with van der Waals surface area (Å²) in [4.78, 5) is 16.3. The molecule has 18 heavy (non-hydrogen) atoms. The van der Waals surface area contributed by atoms with Crippen molar-refractivity contribution in [2.24, 2.45) is 5.10 Å². The molecule has 2 aromatic rings. The second-order valence-electron chi connectivity index (χ2n) is 4.53. The van der Waals surface area contributed by atoms with Crippen LogP contribution in [0.25, 0.3) is 10.9 Å². The minimum absolute atomic E-state index is 0.0188. The van der Waals surface area contributed by atoms with Crippen LogP contribution in [0.15, 0.2) is 35.4 Å². The summed E-state index contributed by atoms with van der Waals surface area (Å²) >= 11 is 0. The van der Waals surface area contributed by atoms with Crippen LogP contribution in [0.1, 0.15) is 18.9 Å². The predicted molar refractivity (Wildman–Crippen MR) is 71.7 cm³/mol. The van der Waals surface area contributed by atoms with Gasteiger partial charge in [-0.1, -0.05) is 18.2 Å². The average molecular weight is 239 g/mol. The zero-order chi connectivity index (χ0) is 12.7. The lowest BCUT2D eigenvalue weighted by Gasteiger charge is -2.12. The maximum absolute atomic E-state index is 11.8. The summed E-state index contributed by atoms with van der Waals surface area (Å²) in [6, 6.07) is 9.81. The van der Waals surface area contributed by atoms with Gasteiger partial charge in [0.25, 0.3) is 5.91 Å². The molecule has 0 fully saturated rings. The summed E-state index contributed by atoms with van der Waals surface area (Å²) in [5.74, 6) is 0.586. The van der Waals surface area contributed by atoms with E-state index < -0.39 is 0 Å². The maximum atomic E-state index is 11.8. The molecule has 0 bridgehead atoms. The van der Waals surface area contributed by atoms with Crippen LogP contribution in [-0.4, -0.2) is 16.6 Å². The van der Waals surface area contributed by atoms with Crippen molar-refractivity contribution in [2.45, 2.75) is 20.3 Å². The number of benzene rings is 1. The standard InChI is InChI=1S/C14H13N3O/c1-9-7-13(17-14(18)8-10(2)16-17)15-12-6-4-3-5-11(9)12/h3-7H,8H2,1-2H3. The number of aryl methyl sites for hydroxylation is 1. The van der Waals surface area contributed by atoms with Gasteiger partial charge in [-0.3, -0.25) is 4.79 Å². The molecule has 1 amide bonds. The summed E-state index contributed by atoms with van der Waals surface area (Å²) in [5, 5.41) is 6.73. The fourth-order valence-electron chi connectivity index (χ4n) is 2.17. The molecule has 0 aliphatic carbocycles. The van der Waals surface area contributed by atoms with Crippen LogP contribution in [0.4, 0.5) is 5.82 Å². The van der Waals surface area contributed by atoms with Gasteiger partial charge in [-0.15, -0.1) is 0 Å². The lowest BCUT2D eigenvalue weighted by molar-refractivity contribution is -0.116. The number of hydrogen-bond acceptors (Lipinski definition) is 3. The van der Waals surface area contributed by atoms with Crippen LogP contribution in [0.3, 0.4) is 0 Å². The molecule has 1 aromatic heterocycles. The molecular formula is C14H13N3O. The van der Waals surface area contributed by atoms with E-state index in [1.807, 2.05) is 44.2 Å². The zero-order valence-corrected chi connectivity index (χ0v) is 10.3. The Morgan fingerprint density at radius 1 is 1.22 bits per heavy atom. The Balaban J connectivity index is 2.16. The van der Waals surface area contributed by atoms with E-state index in [4.69, 9.17) is 0 Å². The van der Waals surface area contributed by atoms with Crippen molar-refractivity contribution < 1.29 is 4.79 Å². The molecule has 0 atom stereocenters. The van der Waals surface area contributed by atoms with Gasteiger partial charge in [0.05, 0.1) is 11.9 Å². The molecule has 0 saturated heterocycles. The first-order valence-electron chi connectivity index (χ1n) is 5.88. The number of aromatic nitrogens is 1. The highest BCUT2D eigenvalue weighted by Gasteiger charge is 2.24. The van der Waals surface area contributed by atoms with Crippen LogP contribution in [0, 0.1) is 6.92 Å². The summed E-state index contributed by atoms with van der Waals surface area (Å²) in [6.07, 6.45) is 0.382. The number of amides is 1. The third-order valence-corrected chi connectivity index (χ3v) is 3.04. The van der Waals surface area contributed by atoms with Crippen molar-refractivity contribution in [1.82, 2.24) is 4.98 Å². The number of fused-ring (bicyclic) bond motifs is 1. The van der Waals surface area contributed by atoms with Crippen LogP contribution in [0.5, 0.6) is 0 Å². The van der Waals surface area contributed by atoms with E-state index in [0.717, 1.165) is 22.2 Å². The normalized spacial score (nSPS) is 15.3. The number of carbonyl (C=O) groups excluding carboxylic acids is 1. The number of hydrazone groups is 1. The van der Waals surface area contributed by atoms with Gasteiger partial charge < -0.3 is 0 Å². The quantitative estimate of drug-likeness (QED) is 0.768. The predicted octanol–water partition coefficient (Wildman–Crippen LogP) is 2.66. The SMILES string of the molecule is CC1=NN(c2cc(C)c3ccccc3n2)C(=O)C1. The summed E-state index contributed by atoms with van der Waals surface area (Å²) in [7, 11) is 0. The van der Waals surface area contributed by atoms with Crippen LogP contribution in [0.2, 0.25) is 0 Å². The minimum atomic E-state index is -0.0188. The van der Waals surface area contributed by atoms with Gasteiger partial charge in [0.1, 0.15) is 0 Å². The molecule has 4 heteroatoms. The first-order chi connectivity index (χ1) is 8.65. The van der Waals surface area contributed by atoms with Gasteiger partial charge in [0, 0.05) is 11.1 Å². The van der Waals surface area contributed by atoms with Gasteiger partial charge >= 0.3 is 0 Å². The number of carbonyl (C=O) groups is 1. The highest BCUT2D eigenvalue weighted by Crippen LogP contribution is 2.24. The third-order valence-electron chi connectivity index (χ3n) is 3.04. The van der Waals surface area contributed by atoms with E-state index in [2.05, 4.69) is 10.1 Å². The molecule has 0 radical (unpaired) electrons. The van der Waals surface area contributed by atoms with Gasteiger partial charge in [-0.05, 0) is 31.5 Å². The Kier molecular flexibility index (Phi) is 2.37. The van der Waals surface area contributed by atoms with Crippen LogP contribution >= 0.6 is 0 Å². The monoisotopic (exact) mass is 239 g/mol.